The SMILES string of the molecule is CS(=O)(=O)/C=C/c1ccc2ncccc2c1. The molecule has 82 valence electrons. The van der Waals surface area contributed by atoms with Gasteiger partial charge in [-0.3, -0.25) is 4.98 Å². The topological polar surface area (TPSA) is 47.0 Å². The van der Waals surface area contributed by atoms with Gasteiger partial charge in [0.05, 0.1) is 5.52 Å². The minimum absolute atomic E-state index is 0.853. The standard InChI is InChI=1S/C12H11NO2S/c1-16(14,15)8-6-10-4-5-12-11(9-10)3-2-7-13-12/h2-9H,1H3/b8-6+. The van der Waals surface area contributed by atoms with Crippen molar-refractivity contribution in [2.45, 2.75) is 0 Å². The first-order chi connectivity index (χ1) is 7.54. The maximum atomic E-state index is 11.0. The van der Waals surface area contributed by atoms with Crippen molar-refractivity contribution < 1.29 is 8.42 Å². The number of benzene rings is 1. The van der Waals surface area contributed by atoms with Crippen LogP contribution in [0.2, 0.25) is 0 Å². The first kappa shape index (κ1) is 10.8. The lowest BCUT2D eigenvalue weighted by Crippen LogP contribution is -1.87. The average Bonchev–Trinajstić information content (AvgIpc) is 2.25. The molecule has 4 heteroatoms. The van der Waals surface area contributed by atoms with E-state index in [2.05, 4.69) is 4.98 Å². The minimum Gasteiger partial charge on any atom is -0.256 e. The van der Waals surface area contributed by atoms with E-state index in [0.717, 1.165) is 16.5 Å². The second-order valence-corrected chi connectivity index (χ2v) is 5.52. The van der Waals surface area contributed by atoms with E-state index in [4.69, 9.17) is 0 Å². The molecule has 16 heavy (non-hydrogen) atoms. The van der Waals surface area contributed by atoms with Gasteiger partial charge in [0, 0.05) is 23.2 Å². The molecule has 0 atom stereocenters. The molecular weight excluding hydrogens is 222 g/mol. The monoisotopic (exact) mass is 233 g/mol. The lowest BCUT2D eigenvalue weighted by molar-refractivity contribution is 0.610. The lowest BCUT2D eigenvalue weighted by Gasteiger charge is -1.97. The normalized spacial score (nSPS) is 12.3. The van der Waals surface area contributed by atoms with Gasteiger partial charge in [-0.25, -0.2) is 8.42 Å². The molecule has 0 aliphatic heterocycles. The molecule has 2 rings (SSSR count). The van der Waals surface area contributed by atoms with Crippen LogP contribution in [0.25, 0.3) is 17.0 Å². The molecule has 0 amide bonds. The number of fused-ring (bicyclic) bond motifs is 1. The number of aromatic nitrogens is 1. The van der Waals surface area contributed by atoms with Crippen molar-refractivity contribution in [1.82, 2.24) is 4.98 Å². The summed E-state index contributed by atoms with van der Waals surface area (Å²) in [5.41, 5.74) is 1.75. The van der Waals surface area contributed by atoms with E-state index in [-0.39, 0.29) is 0 Å². The summed E-state index contributed by atoms with van der Waals surface area (Å²) in [6, 6.07) is 9.42. The summed E-state index contributed by atoms with van der Waals surface area (Å²) in [7, 11) is -3.07. The van der Waals surface area contributed by atoms with Crippen LogP contribution in [0.1, 0.15) is 5.56 Å². The molecule has 0 fully saturated rings. The first-order valence-corrected chi connectivity index (χ1v) is 6.73. The van der Waals surface area contributed by atoms with Gasteiger partial charge in [0.2, 0.25) is 0 Å². The minimum atomic E-state index is -3.07. The van der Waals surface area contributed by atoms with Gasteiger partial charge in [-0.05, 0) is 29.8 Å². The third-order valence-corrected chi connectivity index (χ3v) is 2.77. The van der Waals surface area contributed by atoms with Gasteiger partial charge in [-0.2, -0.15) is 0 Å². The molecule has 0 radical (unpaired) electrons. The molecule has 0 bridgehead atoms. The van der Waals surface area contributed by atoms with Gasteiger partial charge in [0.15, 0.2) is 9.84 Å². The number of nitrogens with zero attached hydrogens (tertiary/aromatic N) is 1. The van der Waals surface area contributed by atoms with Crippen molar-refractivity contribution in [3.8, 4) is 0 Å². The molecule has 1 heterocycles. The molecule has 1 aromatic carbocycles. The van der Waals surface area contributed by atoms with Crippen molar-refractivity contribution in [2.75, 3.05) is 6.26 Å². The highest BCUT2D eigenvalue weighted by Gasteiger charge is 1.96. The third kappa shape index (κ3) is 2.67. The summed E-state index contributed by atoms with van der Waals surface area (Å²) in [4.78, 5) is 4.19. The molecule has 3 nitrogen and oxygen atoms in total. The fraction of sp³-hybridized carbons (Fsp3) is 0.0833. The van der Waals surface area contributed by atoms with Crippen LogP contribution in [0.15, 0.2) is 41.9 Å². The van der Waals surface area contributed by atoms with E-state index in [0.29, 0.717) is 0 Å². The molecular formula is C12H11NO2S. The van der Waals surface area contributed by atoms with E-state index in [9.17, 15) is 8.42 Å². The molecule has 0 spiro atoms. The van der Waals surface area contributed by atoms with Crippen LogP contribution in [0, 0.1) is 0 Å². The first-order valence-electron chi connectivity index (χ1n) is 4.77. The Bertz CT molecular complexity index is 645. The fourth-order valence-electron chi connectivity index (χ4n) is 1.40. The number of pyridine rings is 1. The molecule has 0 saturated heterocycles. The van der Waals surface area contributed by atoms with E-state index in [1.165, 1.54) is 11.7 Å². The number of sulfone groups is 1. The Hall–Kier alpha value is -1.68. The Morgan fingerprint density at radius 1 is 1.25 bits per heavy atom. The molecule has 1 aromatic heterocycles. The zero-order valence-corrected chi connectivity index (χ0v) is 9.61. The van der Waals surface area contributed by atoms with Crippen LogP contribution in [0.5, 0.6) is 0 Å². The van der Waals surface area contributed by atoms with Crippen LogP contribution in [0.3, 0.4) is 0 Å². The summed E-state index contributed by atoms with van der Waals surface area (Å²) < 4.78 is 21.9. The van der Waals surface area contributed by atoms with E-state index in [1.807, 2.05) is 30.3 Å². The number of hydrogen-bond acceptors (Lipinski definition) is 3. The van der Waals surface area contributed by atoms with Crippen molar-refractivity contribution >= 4 is 26.8 Å². The van der Waals surface area contributed by atoms with Crippen LogP contribution in [-0.2, 0) is 9.84 Å². The second kappa shape index (κ2) is 4.06. The predicted molar refractivity (Wildman–Crippen MR) is 65.6 cm³/mol. The summed E-state index contributed by atoms with van der Waals surface area (Å²) in [5.74, 6) is 0. The Balaban J connectivity index is 2.44. The molecule has 0 aliphatic carbocycles. The Kier molecular flexibility index (Phi) is 2.75. The highest BCUT2D eigenvalue weighted by Crippen LogP contribution is 2.14. The Labute approximate surface area is 94.4 Å². The Morgan fingerprint density at radius 2 is 2.06 bits per heavy atom. The van der Waals surface area contributed by atoms with Gasteiger partial charge < -0.3 is 0 Å². The van der Waals surface area contributed by atoms with Gasteiger partial charge in [-0.15, -0.1) is 0 Å². The quantitative estimate of drug-likeness (QED) is 0.799. The van der Waals surface area contributed by atoms with Gasteiger partial charge in [-0.1, -0.05) is 12.1 Å². The summed E-state index contributed by atoms with van der Waals surface area (Å²) in [5, 5.41) is 2.20. The number of rotatable bonds is 2. The molecule has 0 N–H and O–H groups in total. The lowest BCUT2D eigenvalue weighted by atomic mass is 10.1. The van der Waals surface area contributed by atoms with Crippen molar-refractivity contribution in [2.24, 2.45) is 0 Å². The van der Waals surface area contributed by atoms with Crippen LogP contribution in [-0.4, -0.2) is 19.7 Å². The van der Waals surface area contributed by atoms with Crippen molar-refractivity contribution in [3.63, 3.8) is 0 Å². The largest absolute Gasteiger partial charge is 0.256 e. The van der Waals surface area contributed by atoms with E-state index in [1.54, 1.807) is 12.3 Å². The van der Waals surface area contributed by atoms with Crippen LogP contribution >= 0.6 is 0 Å². The van der Waals surface area contributed by atoms with Crippen LogP contribution in [0.4, 0.5) is 0 Å². The molecule has 0 unspecified atom stereocenters. The smallest absolute Gasteiger partial charge is 0.168 e. The van der Waals surface area contributed by atoms with Gasteiger partial charge >= 0.3 is 0 Å². The summed E-state index contributed by atoms with van der Waals surface area (Å²) in [6.45, 7) is 0. The van der Waals surface area contributed by atoms with E-state index < -0.39 is 9.84 Å². The Morgan fingerprint density at radius 3 is 2.81 bits per heavy atom. The molecule has 2 aromatic rings. The zero-order valence-electron chi connectivity index (χ0n) is 8.79. The molecule has 0 saturated carbocycles. The third-order valence-electron chi connectivity index (χ3n) is 2.13. The highest BCUT2D eigenvalue weighted by molar-refractivity contribution is 7.93. The predicted octanol–water partition coefficient (Wildman–Crippen LogP) is 2.25. The summed E-state index contributed by atoms with van der Waals surface area (Å²) in [6.07, 6.45) is 4.49. The average molecular weight is 233 g/mol. The van der Waals surface area contributed by atoms with Gasteiger partial charge in [0.25, 0.3) is 0 Å². The fourth-order valence-corrected chi connectivity index (χ4v) is 1.80. The zero-order chi connectivity index (χ0) is 11.6. The highest BCUT2D eigenvalue weighted by atomic mass is 32.2. The summed E-state index contributed by atoms with van der Waals surface area (Å²) >= 11 is 0. The second-order valence-electron chi connectivity index (χ2n) is 3.59. The molecule has 0 aliphatic rings. The van der Waals surface area contributed by atoms with Crippen LogP contribution < -0.4 is 0 Å². The van der Waals surface area contributed by atoms with Gasteiger partial charge in [0.1, 0.15) is 0 Å². The van der Waals surface area contributed by atoms with Crippen molar-refractivity contribution in [3.05, 3.63) is 47.5 Å². The maximum absolute atomic E-state index is 11.0. The number of hydrogen-bond donors (Lipinski definition) is 0. The van der Waals surface area contributed by atoms with Crippen molar-refractivity contribution in [1.29, 1.82) is 0 Å². The maximum Gasteiger partial charge on any atom is 0.168 e. The van der Waals surface area contributed by atoms with E-state index >= 15 is 0 Å².